The molecule has 0 aliphatic carbocycles. The van der Waals surface area contributed by atoms with Gasteiger partial charge in [-0.15, -0.1) is 10.2 Å². The van der Waals surface area contributed by atoms with Gasteiger partial charge < -0.3 is 10.2 Å². The molecule has 3 aromatic rings. The SMILES string of the molecule is Nc1ccccc1-c1nnc(SCc2ccccc2)o1. The van der Waals surface area contributed by atoms with Gasteiger partial charge in [0.15, 0.2) is 0 Å². The summed E-state index contributed by atoms with van der Waals surface area (Å²) in [6.07, 6.45) is 0. The predicted molar refractivity (Wildman–Crippen MR) is 80.1 cm³/mol. The van der Waals surface area contributed by atoms with E-state index >= 15 is 0 Å². The molecule has 0 fully saturated rings. The molecular formula is C15H13N3OS. The van der Waals surface area contributed by atoms with Crippen LogP contribution in [0.5, 0.6) is 0 Å². The maximum Gasteiger partial charge on any atom is 0.277 e. The monoisotopic (exact) mass is 283 g/mol. The molecule has 4 nitrogen and oxygen atoms in total. The Balaban J connectivity index is 1.73. The smallest absolute Gasteiger partial charge is 0.277 e. The molecular weight excluding hydrogens is 270 g/mol. The molecule has 2 aromatic carbocycles. The highest BCUT2D eigenvalue weighted by Crippen LogP contribution is 2.28. The van der Waals surface area contributed by atoms with Gasteiger partial charge in [0, 0.05) is 11.4 Å². The fraction of sp³-hybridized carbons (Fsp3) is 0.0667. The second-order valence-electron chi connectivity index (χ2n) is 4.23. The fourth-order valence-corrected chi connectivity index (χ4v) is 2.51. The zero-order valence-electron chi connectivity index (χ0n) is 10.7. The highest BCUT2D eigenvalue weighted by Gasteiger charge is 2.11. The first kappa shape index (κ1) is 12.7. The molecule has 0 aliphatic rings. The summed E-state index contributed by atoms with van der Waals surface area (Å²) < 4.78 is 5.63. The van der Waals surface area contributed by atoms with Crippen molar-refractivity contribution in [1.82, 2.24) is 10.2 Å². The minimum atomic E-state index is 0.457. The number of aromatic nitrogens is 2. The van der Waals surface area contributed by atoms with Crippen LogP contribution in [0.25, 0.3) is 11.5 Å². The minimum absolute atomic E-state index is 0.457. The Bertz CT molecular complexity index is 697. The Morgan fingerprint density at radius 2 is 1.70 bits per heavy atom. The second-order valence-corrected chi connectivity index (χ2v) is 5.16. The molecule has 0 saturated heterocycles. The van der Waals surface area contributed by atoms with Crippen LogP contribution in [-0.2, 0) is 5.75 Å². The Labute approximate surface area is 121 Å². The molecule has 0 atom stereocenters. The third-order valence-corrected chi connectivity index (χ3v) is 3.69. The van der Waals surface area contributed by atoms with E-state index in [4.69, 9.17) is 10.2 Å². The lowest BCUT2D eigenvalue weighted by Gasteiger charge is -1.99. The first-order chi connectivity index (χ1) is 9.83. The van der Waals surface area contributed by atoms with E-state index in [1.807, 2.05) is 42.5 Å². The van der Waals surface area contributed by atoms with Crippen LogP contribution in [0.15, 0.2) is 64.2 Å². The van der Waals surface area contributed by atoms with E-state index < -0.39 is 0 Å². The van der Waals surface area contributed by atoms with Crippen LogP contribution in [0.1, 0.15) is 5.56 Å². The largest absolute Gasteiger partial charge is 0.411 e. The minimum Gasteiger partial charge on any atom is -0.411 e. The number of nitrogens with zero attached hydrogens (tertiary/aromatic N) is 2. The molecule has 0 unspecified atom stereocenters. The molecule has 0 amide bonds. The molecule has 3 rings (SSSR count). The van der Waals surface area contributed by atoms with Crippen molar-refractivity contribution in [2.24, 2.45) is 0 Å². The summed E-state index contributed by atoms with van der Waals surface area (Å²) in [7, 11) is 0. The summed E-state index contributed by atoms with van der Waals surface area (Å²) in [6.45, 7) is 0. The number of thioether (sulfide) groups is 1. The van der Waals surface area contributed by atoms with Crippen molar-refractivity contribution in [3.63, 3.8) is 0 Å². The number of benzene rings is 2. The van der Waals surface area contributed by atoms with Gasteiger partial charge in [0.1, 0.15) is 0 Å². The summed E-state index contributed by atoms with van der Waals surface area (Å²) in [5.74, 6) is 1.26. The normalized spacial score (nSPS) is 10.6. The highest BCUT2D eigenvalue weighted by molar-refractivity contribution is 7.98. The molecule has 2 N–H and O–H groups in total. The number of para-hydroxylation sites is 1. The highest BCUT2D eigenvalue weighted by atomic mass is 32.2. The van der Waals surface area contributed by atoms with Gasteiger partial charge in [-0.05, 0) is 17.7 Å². The topological polar surface area (TPSA) is 64.9 Å². The quantitative estimate of drug-likeness (QED) is 0.585. The van der Waals surface area contributed by atoms with E-state index in [1.54, 1.807) is 0 Å². The zero-order chi connectivity index (χ0) is 13.8. The van der Waals surface area contributed by atoms with Gasteiger partial charge in [-0.1, -0.05) is 54.2 Å². The van der Waals surface area contributed by atoms with Crippen LogP contribution >= 0.6 is 11.8 Å². The summed E-state index contributed by atoms with van der Waals surface area (Å²) in [6, 6.07) is 17.6. The van der Waals surface area contributed by atoms with E-state index in [0.717, 1.165) is 11.3 Å². The Morgan fingerprint density at radius 3 is 2.50 bits per heavy atom. The standard InChI is InChI=1S/C15H13N3OS/c16-13-9-5-4-8-12(13)14-17-18-15(19-14)20-10-11-6-2-1-3-7-11/h1-9H,10,16H2. The molecule has 1 heterocycles. The van der Waals surface area contributed by atoms with E-state index in [-0.39, 0.29) is 0 Å². The Morgan fingerprint density at radius 1 is 0.950 bits per heavy atom. The lowest BCUT2D eigenvalue weighted by atomic mass is 10.2. The van der Waals surface area contributed by atoms with Gasteiger partial charge in [-0.2, -0.15) is 0 Å². The maximum atomic E-state index is 5.89. The molecule has 20 heavy (non-hydrogen) atoms. The second kappa shape index (κ2) is 5.79. The van der Waals surface area contributed by atoms with E-state index in [2.05, 4.69) is 22.3 Å². The number of nitrogens with two attached hydrogens (primary N) is 1. The van der Waals surface area contributed by atoms with Crippen molar-refractivity contribution >= 4 is 17.4 Å². The molecule has 0 spiro atoms. The van der Waals surface area contributed by atoms with Gasteiger partial charge in [0.05, 0.1) is 5.56 Å². The van der Waals surface area contributed by atoms with Crippen molar-refractivity contribution in [3.05, 3.63) is 60.2 Å². The molecule has 1 aromatic heterocycles. The van der Waals surface area contributed by atoms with Crippen molar-refractivity contribution in [2.45, 2.75) is 11.0 Å². The van der Waals surface area contributed by atoms with Gasteiger partial charge in [-0.25, -0.2) is 0 Å². The molecule has 100 valence electrons. The summed E-state index contributed by atoms with van der Waals surface area (Å²) in [5.41, 5.74) is 8.52. The number of rotatable bonds is 4. The predicted octanol–water partition coefficient (Wildman–Crippen LogP) is 3.61. The first-order valence-corrected chi connectivity index (χ1v) is 7.16. The maximum absolute atomic E-state index is 5.89. The van der Waals surface area contributed by atoms with Gasteiger partial charge in [0.2, 0.25) is 0 Å². The van der Waals surface area contributed by atoms with Crippen molar-refractivity contribution in [1.29, 1.82) is 0 Å². The molecule has 0 bridgehead atoms. The lowest BCUT2D eigenvalue weighted by Crippen LogP contribution is -1.88. The van der Waals surface area contributed by atoms with Crippen LogP contribution in [0.4, 0.5) is 5.69 Å². The van der Waals surface area contributed by atoms with Crippen LogP contribution in [0.2, 0.25) is 0 Å². The summed E-state index contributed by atoms with van der Waals surface area (Å²) >= 11 is 1.51. The van der Waals surface area contributed by atoms with Crippen LogP contribution in [0.3, 0.4) is 0 Å². The summed E-state index contributed by atoms with van der Waals surface area (Å²) in [4.78, 5) is 0. The number of hydrogen-bond donors (Lipinski definition) is 1. The average molecular weight is 283 g/mol. The van der Waals surface area contributed by atoms with Crippen LogP contribution in [0, 0.1) is 0 Å². The first-order valence-electron chi connectivity index (χ1n) is 6.18. The number of anilines is 1. The zero-order valence-corrected chi connectivity index (χ0v) is 11.5. The summed E-state index contributed by atoms with van der Waals surface area (Å²) in [5, 5.41) is 8.63. The fourth-order valence-electron chi connectivity index (χ4n) is 1.79. The number of nitrogen functional groups attached to an aromatic ring is 1. The molecule has 0 radical (unpaired) electrons. The van der Waals surface area contributed by atoms with E-state index in [9.17, 15) is 0 Å². The average Bonchev–Trinajstić information content (AvgIpc) is 2.95. The lowest BCUT2D eigenvalue weighted by molar-refractivity contribution is 0.466. The van der Waals surface area contributed by atoms with Gasteiger partial charge in [0.25, 0.3) is 11.1 Å². The van der Waals surface area contributed by atoms with E-state index in [0.29, 0.717) is 16.8 Å². The third kappa shape index (κ3) is 2.83. The van der Waals surface area contributed by atoms with Crippen LogP contribution in [-0.4, -0.2) is 10.2 Å². The van der Waals surface area contributed by atoms with E-state index in [1.165, 1.54) is 17.3 Å². The Kier molecular flexibility index (Phi) is 3.69. The van der Waals surface area contributed by atoms with Crippen molar-refractivity contribution in [2.75, 3.05) is 5.73 Å². The van der Waals surface area contributed by atoms with Crippen molar-refractivity contribution < 1.29 is 4.42 Å². The van der Waals surface area contributed by atoms with Crippen LogP contribution < -0.4 is 5.73 Å². The third-order valence-electron chi connectivity index (χ3n) is 2.80. The van der Waals surface area contributed by atoms with Gasteiger partial charge >= 0.3 is 0 Å². The number of hydrogen-bond acceptors (Lipinski definition) is 5. The molecule has 0 saturated carbocycles. The Hall–Kier alpha value is -2.27. The van der Waals surface area contributed by atoms with Gasteiger partial charge in [-0.3, -0.25) is 0 Å². The molecule has 0 aliphatic heterocycles. The molecule has 5 heteroatoms. The van der Waals surface area contributed by atoms with Crippen molar-refractivity contribution in [3.8, 4) is 11.5 Å².